The average molecular weight is 367 g/mol. The van der Waals surface area contributed by atoms with E-state index < -0.39 is 11.8 Å². The fraction of sp³-hybridized carbons (Fsp3) is 0.364. The molecule has 0 unspecified atom stereocenters. The Morgan fingerprint density at radius 2 is 1.52 bits per heavy atom. The van der Waals surface area contributed by atoms with Crippen LogP contribution in [0.4, 0.5) is 17.1 Å². The molecule has 144 valence electrons. The number of benzene rings is 2. The number of hydrogen-bond acceptors (Lipinski definition) is 3. The molecule has 2 aromatic rings. The van der Waals surface area contributed by atoms with Crippen LogP contribution in [0.5, 0.6) is 0 Å². The van der Waals surface area contributed by atoms with Crippen LogP contribution in [0.1, 0.15) is 44.7 Å². The van der Waals surface area contributed by atoms with Gasteiger partial charge in [-0.15, -0.1) is 0 Å². The fourth-order valence-corrected chi connectivity index (χ4v) is 3.05. The van der Waals surface area contributed by atoms with E-state index in [2.05, 4.69) is 29.4 Å². The van der Waals surface area contributed by atoms with E-state index in [9.17, 15) is 9.59 Å². The van der Waals surface area contributed by atoms with Crippen molar-refractivity contribution in [3.8, 4) is 0 Å². The molecule has 0 radical (unpaired) electrons. The summed E-state index contributed by atoms with van der Waals surface area (Å²) in [7, 11) is 0. The topological polar surface area (TPSA) is 61.4 Å². The van der Waals surface area contributed by atoms with Crippen LogP contribution in [-0.2, 0) is 9.59 Å². The molecular formula is C22H29N3O2. The summed E-state index contributed by atoms with van der Waals surface area (Å²) in [6.07, 6.45) is 0. The van der Waals surface area contributed by atoms with Gasteiger partial charge < -0.3 is 15.5 Å². The summed E-state index contributed by atoms with van der Waals surface area (Å²) in [4.78, 5) is 26.9. The molecule has 5 nitrogen and oxygen atoms in total. The minimum Gasteiger partial charge on any atom is -0.372 e. The summed E-state index contributed by atoms with van der Waals surface area (Å²) >= 11 is 0. The quantitative estimate of drug-likeness (QED) is 0.737. The maximum atomic E-state index is 12.3. The molecule has 0 spiro atoms. The van der Waals surface area contributed by atoms with Crippen LogP contribution in [0.25, 0.3) is 0 Å². The number of carbonyl (C=O) groups is 2. The molecule has 0 aliphatic rings. The molecule has 5 heteroatoms. The third-order valence-electron chi connectivity index (χ3n) is 4.62. The summed E-state index contributed by atoms with van der Waals surface area (Å²) in [5.41, 5.74) is 4.33. The summed E-state index contributed by atoms with van der Waals surface area (Å²) in [5, 5.41) is 5.43. The largest absolute Gasteiger partial charge is 0.372 e. The highest BCUT2D eigenvalue weighted by molar-refractivity contribution is 6.43. The van der Waals surface area contributed by atoms with Crippen molar-refractivity contribution in [3.05, 3.63) is 53.6 Å². The number of para-hydroxylation sites is 1. The number of nitrogens with zero attached hydrogens (tertiary/aromatic N) is 1. The van der Waals surface area contributed by atoms with Crippen molar-refractivity contribution < 1.29 is 9.59 Å². The molecule has 0 atom stereocenters. The number of hydrogen-bond donors (Lipinski definition) is 2. The van der Waals surface area contributed by atoms with Crippen molar-refractivity contribution in [2.45, 2.75) is 40.5 Å². The Bertz CT molecular complexity index is 811. The van der Waals surface area contributed by atoms with Crippen LogP contribution in [-0.4, -0.2) is 24.9 Å². The highest BCUT2D eigenvalue weighted by Gasteiger charge is 2.17. The molecule has 0 aromatic heterocycles. The molecule has 0 saturated heterocycles. The Kier molecular flexibility index (Phi) is 6.99. The molecule has 27 heavy (non-hydrogen) atoms. The van der Waals surface area contributed by atoms with Gasteiger partial charge in [-0.25, -0.2) is 0 Å². The molecule has 0 fully saturated rings. The number of anilines is 3. The number of aryl methyl sites for hydroxylation is 1. The minimum atomic E-state index is -0.674. The van der Waals surface area contributed by atoms with Crippen LogP contribution in [0.3, 0.4) is 0 Å². The second-order valence-corrected chi connectivity index (χ2v) is 6.82. The molecule has 0 heterocycles. The first kappa shape index (κ1) is 20.5. The van der Waals surface area contributed by atoms with Crippen molar-refractivity contribution in [1.82, 2.24) is 0 Å². The minimum absolute atomic E-state index is 0.249. The molecular weight excluding hydrogens is 338 g/mol. The Balaban J connectivity index is 2.10. The van der Waals surface area contributed by atoms with Gasteiger partial charge >= 0.3 is 11.8 Å². The van der Waals surface area contributed by atoms with Gasteiger partial charge in [-0.05, 0) is 62.1 Å². The van der Waals surface area contributed by atoms with E-state index in [0.29, 0.717) is 11.4 Å². The van der Waals surface area contributed by atoms with Crippen molar-refractivity contribution in [2.75, 3.05) is 28.6 Å². The van der Waals surface area contributed by atoms with Crippen LogP contribution >= 0.6 is 0 Å². The van der Waals surface area contributed by atoms with Crippen molar-refractivity contribution in [2.24, 2.45) is 0 Å². The third kappa shape index (κ3) is 5.09. The van der Waals surface area contributed by atoms with Crippen molar-refractivity contribution >= 4 is 28.9 Å². The van der Waals surface area contributed by atoms with Crippen molar-refractivity contribution in [3.63, 3.8) is 0 Å². The van der Waals surface area contributed by atoms with Crippen LogP contribution in [0, 0.1) is 6.92 Å². The monoisotopic (exact) mass is 367 g/mol. The molecule has 0 aliphatic heterocycles. The van der Waals surface area contributed by atoms with Crippen LogP contribution < -0.4 is 15.5 Å². The van der Waals surface area contributed by atoms with E-state index in [0.717, 1.165) is 29.9 Å². The fourth-order valence-electron chi connectivity index (χ4n) is 3.05. The standard InChI is InChI=1S/C22H29N3O2/c1-6-25(7-2)17-12-13-19(16(5)14-17)23-21(26)22(27)24-20-11-9-8-10-18(20)15(3)4/h8-15H,6-7H2,1-5H3,(H,23,26)(H,24,27). The van der Waals surface area contributed by atoms with E-state index in [1.807, 2.05) is 63.2 Å². The third-order valence-corrected chi connectivity index (χ3v) is 4.62. The van der Waals surface area contributed by atoms with Gasteiger partial charge in [-0.3, -0.25) is 9.59 Å². The first-order valence-electron chi connectivity index (χ1n) is 9.44. The lowest BCUT2D eigenvalue weighted by Crippen LogP contribution is -2.30. The molecule has 0 aliphatic carbocycles. The number of rotatable bonds is 6. The van der Waals surface area contributed by atoms with Gasteiger partial charge in [0.25, 0.3) is 0 Å². The van der Waals surface area contributed by atoms with E-state index in [-0.39, 0.29) is 5.92 Å². The molecule has 2 aromatic carbocycles. The van der Waals surface area contributed by atoms with Gasteiger partial charge in [-0.1, -0.05) is 32.0 Å². The number of amides is 2. The van der Waals surface area contributed by atoms with Gasteiger partial charge in [0.05, 0.1) is 0 Å². The lowest BCUT2D eigenvalue weighted by atomic mass is 10.0. The van der Waals surface area contributed by atoms with Gasteiger partial charge in [0.15, 0.2) is 0 Å². The van der Waals surface area contributed by atoms with E-state index in [1.54, 1.807) is 0 Å². The molecule has 2 rings (SSSR count). The highest BCUT2D eigenvalue weighted by atomic mass is 16.2. The van der Waals surface area contributed by atoms with Crippen LogP contribution in [0.15, 0.2) is 42.5 Å². The van der Waals surface area contributed by atoms with Crippen molar-refractivity contribution in [1.29, 1.82) is 0 Å². The smallest absolute Gasteiger partial charge is 0.314 e. The van der Waals surface area contributed by atoms with Gasteiger partial charge in [0, 0.05) is 30.2 Å². The summed E-state index contributed by atoms with van der Waals surface area (Å²) in [6.45, 7) is 12.1. The first-order chi connectivity index (χ1) is 12.9. The normalized spacial score (nSPS) is 10.6. The molecule has 2 amide bonds. The predicted molar refractivity (Wildman–Crippen MR) is 113 cm³/mol. The van der Waals surface area contributed by atoms with Gasteiger partial charge in [-0.2, -0.15) is 0 Å². The summed E-state index contributed by atoms with van der Waals surface area (Å²) < 4.78 is 0. The molecule has 0 saturated carbocycles. The second kappa shape index (κ2) is 9.21. The highest BCUT2D eigenvalue weighted by Crippen LogP contribution is 2.24. The Morgan fingerprint density at radius 3 is 2.07 bits per heavy atom. The first-order valence-corrected chi connectivity index (χ1v) is 9.44. The zero-order valence-corrected chi connectivity index (χ0v) is 16.8. The summed E-state index contributed by atoms with van der Waals surface area (Å²) in [5.74, 6) is -1.10. The van der Waals surface area contributed by atoms with Crippen LogP contribution in [0.2, 0.25) is 0 Å². The van der Waals surface area contributed by atoms with Gasteiger partial charge in [0.1, 0.15) is 0 Å². The lowest BCUT2D eigenvalue weighted by molar-refractivity contribution is -0.133. The lowest BCUT2D eigenvalue weighted by Gasteiger charge is -2.22. The SMILES string of the molecule is CCN(CC)c1ccc(NC(=O)C(=O)Nc2ccccc2C(C)C)c(C)c1. The van der Waals surface area contributed by atoms with E-state index >= 15 is 0 Å². The maximum absolute atomic E-state index is 12.3. The zero-order valence-electron chi connectivity index (χ0n) is 16.8. The summed E-state index contributed by atoms with van der Waals surface area (Å²) in [6, 6.07) is 13.4. The zero-order chi connectivity index (χ0) is 20.0. The van der Waals surface area contributed by atoms with Gasteiger partial charge in [0.2, 0.25) is 0 Å². The Morgan fingerprint density at radius 1 is 0.926 bits per heavy atom. The molecule has 0 bridgehead atoms. The number of carbonyl (C=O) groups excluding carboxylic acids is 2. The predicted octanol–water partition coefficient (Wildman–Crippen LogP) is 4.54. The Hall–Kier alpha value is -2.82. The number of nitrogens with one attached hydrogen (secondary N) is 2. The average Bonchev–Trinajstić information content (AvgIpc) is 2.65. The maximum Gasteiger partial charge on any atom is 0.314 e. The second-order valence-electron chi connectivity index (χ2n) is 6.82. The van der Waals surface area contributed by atoms with E-state index in [1.165, 1.54) is 0 Å². The Labute approximate surface area is 161 Å². The van der Waals surface area contributed by atoms with E-state index in [4.69, 9.17) is 0 Å². The molecule has 2 N–H and O–H groups in total.